The van der Waals surface area contributed by atoms with Crippen LogP contribution in [-0.2, 0) is 22.5 Å². The maximum atomic E-state index is 13.0. The van der Waals surface area contributed by atoms with Crippen LogP contribution in [0.3, 0.4) is 0 Å². The number of nitrogens with zero attached hydrogens (tertiary/aromatic N) is 4. The van der Waals surface area contributed by atoms with E-state index in [0.717, 1.165) is 4.68 Å². The molecule has 11 heteroatoms. The Bertz CT molecular complexity index is 775. The van der Waals surface area contributed by atoms with Crippen molar-refractivity contribution in [1.82, 2.24) is 25.0 Å². The predicted molar refractivity (Wildman–Crippen MR) is 74.1 cm³/mol. The van der Waals surface area contributed by atoms with E-state index < -0.39 is 33.4 Å². The second kappa shape index (κ2) is 5.30. The first-order valence-corrected chi connectivity index (χ1v) is 7.76. The lowest BCUT2D eigenvalue weighted by atomic mass is 9.93. The number of rotatable bonds is 4. The van der Waals surface area contributed by atoms with Gasteiger partial charge in [-0.3, -0.25) is 4.72 Å². The van der Waals surface area contributed by atoms with Crippen LogP contribution < -0.4 is 4.72 Å². The number of hydrogen-bond donors (Lipinski definition) is 2. The van der Waals surface area contributed by atoms with Gasteiger partial charge in [0.2, 0.25) is 0 Å². The lowest BCUT2D eigenvalue weighted by Crippen LogP contribution is -2.22. The van der Waals surface area contributed by atoms with E-state index >= 15 is 0 Å². The molecule has 0 saturated carbocycles. The third kappa shape index (κ3) is 2.93. The number of halogens is 2. The van der Waals surface area contributed by atoms with E-state index in [2.05, 4.69) is 20.3 Å². The average molecular weight is 334 g/mol. The summed E-state index contributed by atoms with van der Waals surface area (Å²) in [5.41, 5.74) is -0.770. The van der Waals surface area contributed by atoms with Gasteiger partial charge in [-0.25, -0.2) is 18.4 Å². The van der Waals surface area contributed by atoms with Crippen LogP contribution in [0.2, 0.25) is 0 Å². The van der Waals surface area contributed by atoms with Gasteiger partial charge in [0.1, 0.15) is 5.69 Å². The molecule has 2 aromatic rings. The topological polar surface area (TPSA) is 106 Å². The maximum absolute atomic E-state index is 13.0. The number of aromatic amines is 1. The highest BCUT2D eigenvalue weighted by atomic mass is 32.2. The highest BCUT2D eigenvalue weighted by Gasteiger charge is 2.31. The van der Waals surface area contributed by atoms with Crippen molar-refractivity contribution < 1.29 is 17.2 Å². The van der Waals surface area contributed by atoms with Crippen molar-refractivity contribution in [2.75, 3.05) is 4.72 Å². The van der Waals surface area contributed by atoms with Crippen molar-refractivity contribution in [2.24, 2.45) is 7.05 Å². The fraction of sp³-hybridized carbons (Fsp3) is 0.545. The van der Waals surface area contributed by atoms with Gasteiger partial charge in [-0.05, 0) is 0 Å². The molecule has 0 spiro atoms. The summed E-state index contributed by atoms with van der Waals surface area (Å²) in [7, 11) is -2.92. The Balaban J connectivity index is 2.44. The van der Waals surface area contributed by atoms with Crippen molar-refractivity contribution in [3.63, 3.8) is 0 Å². The first kappa shape index (κ1) is 16.3. The molecule has 2 aromatic heterocycles. The van der Waals surface area contributed by atoms with Crippen molar-refractivity contribution in [3.8, 4) is 0 Å². The summed E-state index contributed by atoms with van der Waals surface area (Å²) in [6, 6.07) is 0. The maximum Gasteiger partial charge on any atom is 0.283 e. The summed E-state index contributed by atoms with van der Waals surface area (Å²) >= 11 is 0. The minimum Gasteiger partial charge on any atom is -0.347 e. The number of sulfonamides is 1. The number of H-pyrrole nitrogens is 1. The molecular weight excluding hydrogens is 318 g/mol. The van der Waals surface area contributed by atoms with Crippen LogP contribution in [0.1, 0.15) is 38.6 Å². The first-order chi connectivity index (χ1) is 10.0. The molecule has 0 aliphatic carbocycles. The molecule has 22 heavy (non-hydrogen) atoms. The average Bonchev–Trinajstić information content (AvgIpc) is 2.95. The summed E-state index contributed by atoms with van der Waals surface area (Å²) in [6.07, 6.45) is -1.68. The van der Waals surface area contributed by atoms with Crippen LogP contribution in [0.25, 0.3) is 0 Å². The highest BCUT2D eigenvalue weighted by molar-refractivity contribution is 7.92. The Morgan fingerprint density at radius 2 is 2.00 bits per heavy atom. The molecule has 0 radical (unpaired) electrons. The van der Waals surface area contributed by atoms with Gasteiger partial charge in [0, 0.05) is 12.5 Å². The molecular formula is C11H16F2N6O2S. The number of nitrogens with one attached hydrogen (secondary N) is 2. The molecule has 2 rings (SSSR count). The fourth-order valence-electron chi connectivity index (χ4n) is 1.88. The normalized spacial score (nSPS) is 12.9. The molecule has 0 atom stereocenters. The molecule has 0 fully saturated rings. The molecule has 0 unspecified atom stereocenters. The van der Waals surface area contributed by atoms with Crippen molar-refractivity contribution in [1.29, 1.82) is 0 Å². The number of hydrogen-bond acceptors (Lipinski definition) is 5. The fourth-order valence-corrected chi connectivity index (χ4v) is 3.20. The van der Waals surface area contributed by atoms with E-state index in [0.29, 0.717) is 5.69 Å². The minimum absolute atomic E-state index is 0.258. The highest BCUT2D eigenvalue weighted by Crippen LogP contribution is 2.29. The Morgan fingerprint density at radius 1 is 1.36 bits per heavy atom. The smallest absolute Gasteiger partial charge is 0.283 e. The summed E-state index contributed by atoms with van der Waals surface area (Å²) < 4.78 is 53.5. The van der Waals surface area contributed by atoms with E-state index in [9.17, 15) is 17.2 Å². The van der Waals surface area contributed by atoms with Crippen molar-refractivity contribution in [3.05, 3.63) is 17.7 Å². The van der Waals surface area contributed by atoms with Crippen LogP contribution in [0.5, 0.6) is 0 Å². The van der Waals surface area contributed by atoms with Crippen LogP contribution in [-0.4, -0.2) is 33.4 Å². The second-order valence-corrected chi connectivity index (χ2v) is 7.28. The molecule has 0 aliphatic heterocycles. The van der Waals surface area contributed by atoms with Crippen LogP contribution in [0.4, 0.5) is 14.6 Å². The number of alkyl halides is 2. The molecule has 0 aromatic carbocycles. The van der Waals surface area contributed by atoms with Gasteiger partial charge < -0.3 is 4.98 Å². The van der Waals surface area contributed by atoms with Crippen LogP contribution in [0, 0.1) is 0 Å². The monoisotopic (exact) mass is 334 g/mol. The van der Waals surface area contributed by atoms with E-state index in [-0.39, 0.29) is 5.03 Å². The molecule has 2 N–H and O–H groups in total. The van der Waals surface area contributed by atoms with Crippen LogP contribution in [0.15, 0.2) is 11.4 Å². The first-order valence-electron chi connectivity index (χ1n) is 6.28. The molecule has 0 aliphatic rings. The summed E-state index contributed by atoms with van der Waals surface area (Å²) in [6.45, 7) is 5.39. The van der Waals surface area contributed by atoms with E-state index in [1.807, 2.05) is 4.72 Å². The van der Waals surface area contributed by atoms with Crippen LogP contribution >= 0.6 is 0 Å². The van der Waals surface area contributed by atoms with Gasteiger partial charge in [-0.2, -0.15) is 8.42 Å². The predicted octanol–water partition coefficient (Wildman–Crippen LogP) is 1.57. The van der Waals surface area contributed by atoms with Gasteiger partial charge >= 0.3 is 0 Å². The number of imidazole rings is 1. The van der Waals surface area contributed by atoms with E-state index in [1.54, 1.807) is 20.8 Å². The van der Waals surface area contributed by atoms with Crippen molar-refractivity contribution in [2.45, 2.75) is 37.6 Å². The van der Waals surface area contributed by atoms with E-state index in [4.69, 9.17) is 0 Å². The zero-order valence-corrected chi connectivity index (χ0v) is 13.2. The summed E-state index contributed by atoms with van der Waals surface area (Å²) in [5, 5.41) is 6.58. The zero-order valence-electron chi connectivity index (χ0n) is 12.4. The van der Waals surface area contributed by atoms with E-state index in [1.165, 1.54) is 13.4 Å². The third-order valence-corrected chi connectivity index (χ3v) is 4.20. The second-order valence-electron chi connectivity index (χ2n) is 5.69. The number of aryl methyl sites for hydroxylation is 1. The lowest BCUT2D eigenvalue weighted by molar-refractivity contribution is 0.141. The Kier molecular flexibility index (Phi) is 3.94. The lowest BCUT2D eigenvalue weighted by Gasteiger charge is -2.18. The minimum atomic E-state index is -4.17. The summed E-state index contributed by atoms with van der Waals surface area (Å²) in [4.78, 5) is 6.54. The van der Waals surface area contributed by atoms with Gasteiger partial charge in [-0.1, -0.05) is 26.0 Å². The Hall–Kier alpha value is -2.04. The zero-order chi connectivity index (χ0) is 16.7. The molecule has 122 valence electrons. The number of aromatic nitrogens is 5. The molecule has 0 amide bonds. The molecule has 8 nitrogen and oxygen atoms in total. The molecule has 2 heterocycles. The standard InChI is InChI=1S/C11H16F2N6O2S/c1-11(2,3)7-10(15-5-14-7)22(20,21)17-9-6(8(12)13)19(4)18-16-9/h5,8,17H,1-4H3,(H,14,15). The van der Waals surface area contributed by atoms with Crippen molar-refractivity contribution >= 4 is 15.8 Å². The van der Waals surface area contributed by atoms with Gasteiger partial charge in [0.25, 0.3) is 16.4 Å². The third-order valence-electron chi connectivity index (χ3n) is 2.92. The Labute approximate surface area is 126 Å². The van der Waals surface area contributed by atoms with Gasteiger partial charge in [0.05, 0.1) is 12.0 Å². The number of anilines is 1. The van der Waals surface area contributed by atoms with Gasteiger partial charge in [0.15, 0.2) is 10.8 Å². The Morgan fingerprint density at radius 3 is 2.55 bits per heavy atom. The summed E-state index contributed by atoms with van der Waals surface area (Å²) in [5.74, 6) is -0.514. The van der Waals surface area contributed by atoms with Gasteiger partial charge in [-0.15, -0.1) is 5.10 Å². The largest absolute Gasteiger partial charge is 0.347 e. The quantitative estimate of drug-likeness (QED) is 0.883. The molecule has 0 saturated heterocycles. The SMILES string of the molecule is Cn1nnc(NS(=O)(=O)c2nc[nH]c2C(C)(C)C)c1C(F)F. The molecule has 0 bridgehead atoms.